The largest absolute Gasteiger partial charge is 0.357 e. The predicted octanol–water partition coefficient (Wildman–Crippen LogP) is 3.27. The Balaban J connectivity index is 3.18. The summed E-state index contributed by atoms with van der Waals surface area (Å²) < 4.78 is 0. The van der Waals surface area contributed by atoms with E-state index in [1.807, 2.05) is 7.05 Å². The number of hydrogen-bond donors (Lipinski definition) is 0. The monoisotopic (exact) mass is 241 g/mol. The van der Waals surface area contributed by atoms with E-state index in [0.717, 1.165) is 11.6 Å². The maximum absolute atomic E-state index is 6.03. The quantitative estimate of drug-likeness (QED) is 0.745. The van der Waals surface area contributed by atoms with E-state index >= 15 is 0 Å². The third-order valence-electron chi connectivity index (χ3n) is 2.49. The van der Waals surface area contributed by atoms with Gasteiger partial charge in [-0.05, 0) is 13.8 Å². The summed E-state index contributed by atoms with van der Waals surface area (Å²) >= 11 is 6.03. The Kier molecular flexibility index (Phi) is 3.79. The molecule has 1 heterocycles. The second-order valence-electron chi connectivity index (χ2n) is 5.33. The first-order valence-electron chi connectivity index (χ1n) is 5.49. The molecule has 1 aromatic rings. The fourth-order valence-electron chi connectivity index (χ4n) is 1.19. The molecule has 4 heteroatoms. The number of rotatable bonds is 2. The molecule has 0 radical (unpaired) electrons. The molecule has 0 bridgehead atoms. The van der Waals surface area contributed by atoms with Gasteiger partial charge in [0.05, 0.1) is 0 Å². The number of aromatic nitrogens is 2. The van der Waals surface area contributed by atoms with Crippen LogP contribution in [0.1, 0.15) is 40.4 Å². The van der Waals surface area contributed by atoms with Gasteiger partial charge in [-0.1, -0.05) is 32.4 Å². The molecule has 0 aliphatic carbocycles. The maximum Gasteiger partial charge on any atom is 0.137 e. The lowest BCUT2D eigenvalue weighted by Gasteiger charge is -2.25. The van der Waals surface area contributed by atoms with E-state index in [1.165, 1.54) is 0 Å². The maximum atomic E-state index is 6.03. The lowest BCUT2D eigenvalue weighted by atomic mass is 9.96. The Morgan fingerprint density at radius 3 is 2.25 bits per heavy atom. The molecule has 0 aliphatic rings. The first kappa shape index (κ1) is 13.2. The minimum atomic E-state index is -0.0858. The van der Waals surface area contributed by atoms with E-state index < -0.39 is 0 Å². The van der Waals surface area contributed by atoms with Gasteiger partial charge < -0.3 is 4.90 Å². The third-order valence-corrected chi connectivity index (χ3v) is 2.68. The summed E-state index contributed by atoms with van der Waals surface area (Å²) in [5.74, 6) is 1.66. The number of anilines is 1. The molecule has 0 N–H and O–H groups in total. The standard InChI is InChI=1S/C12H20ClN3/c1-8(2)16(6)10-7-9(13)14-11(15-10)12(3,4)5/h7-8H,1-6H3. The van der Waals surface area contributed by atoms with Crippen LogP contribution in [0, 0.1) is 0 Å². The van der Waals surface area contributed by atoms with Gasteiger partial charge in [-0.25, -0.2) is 9.97 Å². The first-order chi connectivity index (χ1) is 7.21. The van der Waals surface area contributed by atoms with Crippen LogP contribution in [0.3, 0.4) is 0 Å². The predicted molar refractivity (Wildman–Crippen MR) is 69.3 cm³/mol. The summed E-state index contributed by atoms with van der Waals surface area (Å²) in [6.07, 6.45) is 0. The SMILES string of the molecule is CC(C)N(C)c1cc(Cl)nc(C(C)(C)C)n1. The van der Waals surface area contributed by atoms with E-state index in [9.17, 15) is 0 Å². The number of nitrogens with zero attached hydrogens (tertiary/aromatic N) is 3. The van der Waals surface area contributed by atoms with Gasteiger partial charge in [-0.3, -0.25) is 0 Å². The van der Waals surface area contributed by atoms with Crippen molar-refractivity contribution in [1.82, 2.24) is 9.97 Å². The summed E-state index contributed by atoms with van der Waals surface area (Å²) in [6.45, 7) is 10.5. The lowest BCUT2D eigenvalue weighted by Crippen LogP contribution is -2.28. The fourth-order valence-corrected chi connectivity index (χ4v) is 1.36. The van der Waals surface area contributed by atoms with E-state index in [-0.39, 0.29) is 5.41 Å². The Morgan fingerprint density at radius 1 is 1.25 bits per heavy atom. The Hall–Kier alpha value is -0.830. The molecule has 3 nitrogen and oxygen atoms in total. The van der Waals surface area contributed by atoms with Crippen LogP contribution >= 0.6 is 11.6 Å². The van der Waals surface area contributed by atoms with E-state index in [1.54, 1.807) is 6.07 Å². The molecule has 90 valence electrons. The first-order valence-corrected chi connectivity index (χ1v) is 5.87. The van der Waals surface area contributed by atoms with Gasteiger partial charge in [-0.15, -0.1) is 0 Å². The molecule has 1 aromatic heterocycles. The summed E-state index contributed by atoms with van der Waals surface area (Å²) in [5.41, 5.74) is -0.0858. The second-order valence-corrected chi connectivity index (χ2v) is 5.71. The zero-order valence-electron chi connectivity index (χ0n) is 10.9. The molecular formula is C12H20ClN3. The van der Waals surface area contributed by atoms with Crippen LogP contribution < -0.4 is 4.90 Å². The fraction of sp³-hybridized carbons (Fsp3) is 0.667. The van der Waals surface area contributed by atoms with Crippen LogP contribution in [-0.4, -0.2) is 23.1 Å². The zero-order chi connectivity index (χ0) is 12.5. The van der Waals surface area contributed by atoms with Crippen molar-refractivity contribution in [2.24, 2.45) is 0 Å². The molecule has 0 unspecified atom stereocenters. The van der Waals surface area contributed by atoms with Crippen LogP contribution in [0.5, 0.6) is 0 Å². The van der Waals surface area contributed by atoms with Crippen LogP contribution in [-0.2, 0) is 5.41 Å². The van der Waals surface area contributed by atoms with Crippen molar-refractivity contribution in [2.45, 2.75) is 46.1 Å². The van der Waals surface area contributed by atoms with Crippen molar-refractivity contribution in [1.29, 1.82) is 0 Å². The molecule has 0 fully saturated rings. The van der Waals surface area contributed by atoms with Crippen LogP contribution in [0.2, 0.25) is 5.15 Å². The molecule has 0 aromatic carbocycles. The van der Waals surface area contributed by atoms with Gasteiger partial charge in [0, 0.05) is 24.6 Å². The van der Waals surface area contributed by atoms with Crippen LogP contribution in [0.4, 0.5) is 5.82 Å². The summed E-state index contributed by atoms with van der Waals surface area (Å²) in [4.78, 5) is 10.9. The molecule has 0 aliphatic heterocycles. The van der Waals surface area contributed by atoms with E-state index in [2.05, 4.69) is 49.5 Å². The highest BCUT2D eigenvalue weighted by Gasteiger charge is 2.20. The topological polar surface area (TPSA) is 29.0 Å². The van der Waals surface area contributed by atoms with Gasteiger partial charge >= 0.3 is 0 Å². The highest BCUT2D eigenvalue weighted by Crippen LogP contribution is 2.24. The van der Waals surface area contributed by atoms with Gasteiger partial charge in [0.25, 0.3) is 0 Å². The number of halogens is 1. The highest BCUT2D eigenvalue weighted by atomic mass is 35.5. The zero-order valence-corrected chi connectivity index (χ0v) is 11.6. The Bertz CT molecular complexity index is 369. The smallest absolute Gasteiger partial charge is 0.137 e. The third kappa shape index (κ3) is 3.08. The summed E-state index contributed by atoms with van der Waals surface area (Å²) in [5, 5.41) is 0.502. The van der Waals surface area contributed by atoms with Gasteiger partial charge in [-0.2, -0.15) is 0 Å². The molecule has 0 amide bonds. The molecule has 1 rings (SSSR count). The normalized spacial score (nSPS) is 12.0. The van der Waals surface area contributed by atoms with E-state index in [4.69, 9.17) is 11.6 Å². The second kappa shape index (κ2) is 4.58. The van der Waals surface area contributed by atoms with Crippen molar-refractivity contribution >= 4 is 17.4 Å². The van der Waals surface area contributed by atoms with Gasteiger partial charge in [0.15, 0.2) is 0 Å². The molecule has 0 saturated carbocycles. The van der Waals surface area contributed by atoms with Gasteiger partial charge in [0.1, 0.15) is 16.8 Å². The van der Waals surface area contributed by atoms with Crippen molar-refractivity contribution in [3.05, 3.63) is 17.0 Å². The Labute approximate surface area is 103 Å². The molecule has 16 heavy (non-hydrogen) atoms. The minimum absolute atomic E-state index is 0.0858. The molecular weight excluding hydrogens is 222 g/mol. The highest BCUT2D eigenvalue weighted by molar-refractivity contribution is 6.29. The van der Waals surface area contributed by atoms with Crippen LogP contribution in [0.15, 0.2) is 6.07 Å². The van der Waals surface area contributed by atoms with E-state index in [0.29, 0.717) is 11.2 Å². The average Bonchev–Trinajstić information content (AvgIpc) is 2.14. The minimum Gasteiger partial charge on any atom is -0.357 e. The average molecular weight is 242 g/mol. The summed E-state index contributed by atoms with van der Waals surface area (Å²) in [6, 6.07) is 2.19. The Morgan fingerprint density at radius 2 is 1.81 bits per heavy atom. The van der Waals surface area contributed by atoms with Gasteiger partial charge in [0.2, 0.25) is 0 Å². The molecule has 0 spiro atoms. The van der Waals surface area contributed by atoms with Crippen molar-refractivity contribution < 1.29 is 0 Å². The molecule has 0 atom stereocenters. The lowest BCUT2D eigenvalue weighted by molar-refractivity contribution is 0.543. The van der Waals surface area contributed by atoms with Crippen LogP contribution in [0.25, 0.3) is 0 Å². The molecule has 0 saturated heterocycles. The number of hydrogen-bond acceptors (Lipinski definition) is 3. The van der Waals surface area contributed by atoms with Crippen molar-refractivity contribution in [3.63, 3.8) is 0 Å². The van der Waals surface area contributed by atoms with Crippen molar-refractivity contribution in [2.75, 3.05) is 11.9 Å². The summed E-state index contributed by atoms with van der Waals surface area (Å²) in [7, 11) is 2.01. The van der Waals surface area contributed by atoms with Crippen molar-refractivity contribution in [3.8, 4) is 0 Å².